The van der Waals surface area contributed by atoms with Gasteiger partial charge in [-0.3, -0.25) is 0 Å². The molecule has 88 valence electrons. The van der Waals surface area contributed by atoms with Crippen molar-refractivity contribution in [3.63, 3.8) is 0 Å². The summed E-state index contributed by atoms with van der Waals surface area (Å²) in [5.41, 5.74) is 0. The van der Waals surface area contributed by atoms with Crippen LogP contribution in [0.2, 0.25) is 0 Å². The van der Waals surface area contributed by atoms with E-state index in [1.54, 1.807) is 31.2 Å². The molecule has 1 aromatic heterocycles. The van der Waals surface area contributed by atoms with Gasteiger partial charge < -0.3 is 10.6 Å². The van der Waals surface area contributed by atoms with Crippen LogP contribution in [0.5, 0.6) is 0 Å². The number of thioether (sulfide) groups is 1. The van der Waals surface area contributed by atoms with Crippen LogP contribution in [0.15, 0.2) is 16.9 Å². The number of thiocarbonyl (C=S) groups is 1. The third kappa shape index (κ3) is 5.62. The number of nitrogens with zero attached hydrogens (tertiary/aromatic N) is 2. The second kappa shape index (κ2) is 7.81. The lowest BCUT2D eigenvalue weighted by molar-refractivity contribution is 0.940. The van der Waals surface area contributed by atoms with Gasteiger partial charge in [0.2, 0.25) is 0 Å². The van der Waals surface area contributed by atoms with Crippen LogP contribution < -0.4 is 10.6 Å². The first-order valence-electron chi connectivity index (χ1n) is 4.72. The van der Waals surface area contributed by atoms with E-state index in [4.69, 9.17) is 12.2 Å². The second-order valence-corrected chi connectivity index (χ2v) is 5.31. The van der Waals surface area contributed by atoms with Gasteiger partial charge in [-0.15, -0.1) is 0 Å². The molecular formula is C9H13BrN4S2. The number of halogens is 1. The zero-order chi connectivity index (χ0) is 11.8. The highest BCUT2D eigenvalue weighted by Crippen LogP contribution is 2.09. The van der Waals surface area contributed by atoms with Gasteiger partial charge in [-0.2, -0.15) is 11.8 Å². The van der Waals surface area contributed by atoms with Crippen LogP contribution in [-0.2, 0) is 5.75 Å². The van der Waals surface area contributed by atoms with E-state index in [1.165, 1.54) is 0 Å². The van der Waals surface area contributed by atoms with Gasteiger partial charge in [-0.25, -0.2) is 9.97 Å². The monoisotopic (exact) mass is 320 g/mol. The topological polar surface area (TPSA) is 49.8 Å². The van der Waals surface area contributed by atoms with Crippen molar-refractivity contribution in [2.24, 2.45) is 0 Å². The quantitative estimate of drug-likeness (QED) is 0.634. The number of hydrogen-bond donors (Lipinski definition) is 2. The minimum absolute atomic E-state index is 0.681. The molecule has 0 bridgehead atoms. The average molecular weight is 321 g/mol. The Balaban J connectivity index is 2.11. The minimum atomic E-state index is 0.681. The largest absolute Gasteiger partial charge is 0.366 e. The van der Waals surface area contributed by atoms with Crippen LogP contribution in [-0.4, -0.2) is 34.4 Å². The molecule has 0 saturated carbocycles. The van der Waals surface area contributed by atoms with E-state index in [9.17, 15) is 0 Å². The number of nitrogens with one attached hydrogen (secondary N) is 2. The van der Waals surface area contributed by atoms with E-state index in [0.29, 0.717) is 5.11 Å². The summed E-state index contributed by atoms with van der Waals surface area (Å²) in [4.78, 5) is 8.38. The lowest BCUT2D eigenvalue weighted by atomic mass is 10.6. The van der Waals surface area contributed by atoms with Crippen LogP contribution in [0, 0.1) is 0 Å². The van der Waals surface area contributed by atoms with Gasteiger partial charge in [0.05, 0.1) is 10.2 Å². The summed E-state index contributed by atoms with van der Waals surface area (Å²) >= 11 is 10.0. The van der Waals surface area contributed by atoms with Crippen LogP contribution in [0.1, 0.15) is 5.82 Å². The van der Waals surface area contributed by atoms with E-state index in [2.05, 4.69) is 36.5 Å². The predicted octanol–water partition coefficient (Wildman–Crippen LogP) is 1.57. The molecule has 4 nitrogen and oxygen atoms in total. The molecule has 0 radical (unpaired) electrons. The maximum Gasteiger partial charge on any atom is 0.166 e. The van der Waals surface area contributed by atoms with Crippen LogP contribution >= 0.6 is 39.9 Å². The van der Waals surface area contributed by atoms with Crippen molar-refractivity contribution in [3.05, 3.63) is 22.7 Å². The Hall–Kier alpha value is -0.400. The second-order valence-electron chi connectivity index (χ2n) is 2.88. The first kappa shape index (κ1) is 13.7. The Morgan fingerprint density at radius 2 is 2.19 bits per heavy atom. The maximum atomic E-state index is 4.95. The van der Waals surface area contributed by atoms with Gasteiger partial charge >= 0.3 is 0 Å². The SMILES string of the molecule is CNC(=S)NCCSCc1ncc(Br)cn1. The molecule has 0 aliphatic carbocycles. The highest BCUT2D eigenvalue weighted by molar-refractivity contribution is 9.10. The number of hydrogen-bond acceptors (Lipinski definition) is 4. The standard InChI is InChI=1S/C9H13BrN4S2/c1-11-9(15)12-2-3-16-6-8-13-4-7(10)5-14-8/h4-5H,2-3,6H2,1H3,(H2,11,12,15). The zero-order valence-electron chi connectivity index (χ0n) is 8.86. The van der Waals surface area contributed by atoms with Crippen LogP contribution in [0.25, 0.3) is 0 Å². The van der Waals surface area contributed by atoms with Crippen LogP contribution in [0.4, 0.5) is 0 Å². The summed E-state index contributed by atoms with van der Waals surface area (Å²) in [6.07, 6.45) is 3.52. The molecule has 16 heavy (non-hydrogen) atoms. The fourth-order valence-corrected chi connectivity index (χ4v) is 1.93. The number of rotatable bonds is 5. The van der Waals surface area contributed by atoms with E-state index in [0.717, 1.165) is 28.3 Å². The van der Waals surface area contributed by atoms with Crippen molar-refractivity contribution in [2.45, 2.75) is 5.75 Å². The van der Waals surface area contributed by atoms with E-state index in [-0.39, 0.29) is 0 Å². The zero-order valence-corrected chi connectivity index (χ0v) is 12.1. The third-order valence-electron chi connectivity index (χ3n) is 1.66. The Bertz CT molecular complexity index is 331. The summed E-state index contributed by atoms with van der Waals surface area (Å²) in [7, 11) is 1.80. The third-order valence-corrected chi connectivity index (χ3v) is 3.38. The summed E-state index contributed by atoms with van der Waals surface area (Å²) in [5, 5.41) is 6.62. The molecule has 0 aliphatic heterocycles. The van der Waals surface area contributed by atoms with E-state index >= 15 is 0 Å². The number of aromatic nitrogens is 2. The van der Waals surface area contributed by atoms with Crippen molar-refractivity contribution in [2.75, 3.05) is 19.3 Å². The van der Waals surface area contributed by atoms with E-state index in [1.807, 2.05) is 0 Å². The molecule has 0 fully saturated rings. The van der Waals surface area contributed by atoms with Gasteiger partial charge in [-0.05, 0) is 28.1 Å². The fraction of sp³-hybridized carbons (Fsp3) is 0.444. The highest BCUT2D eigenvalue weighted by atomic mass is 79.9. The average Bonchev–Trinajstić information content (AvgIpc) is 2.31. The molecule has 1 aromatic rings. The summed E-state index contributed by atoms with van der Waals surface area (Å²) in [6, 6.07) is 0. The van der Waals surface area contributed by atoms with Crippen molar-refractivity contribution in [1.82, 2.24) is 20.6 Å². The van der Waals surface area contributed by atoms with Gasteiger partial charge in [0.1, 0.15) is 5.82 Å². The molecule has 1 heterocycles. The first-order valence-corrected chi connectivity index (χ1v) is 7.07. The molecule has 1 rings (SSSR count). The molecule has 0 aromatic carbocycles. The lowest BCUT2D eigenvalue weighted by Crippen LogP contribution is -2.33. The van der Waals surface area contributed by atoms with E-state index < -0.39 is 0 Å². The molecule has 0 spiro atoms. The fourth-order valence-electron chi connectivity index (χ4n) is 0.902. The summed E-state index contributed by atoms with van der Waals surface area (Å²) in [6.45, 7) is 0.848. The Morgan fingerprint density at radius 3 is 2.81 bits per heavy atom. The molecule has 2 N–H and O–H groups in total. The van der Waals surface area contributed by atoms with Crippen molar-refractivity contribution in [3.8, 4) is 0 Å². The predicted molar refractivity (Wildman–Crippen MR) is 75.6 cm³/mol. The Kier molecular flexibility index (Phi) is 6.67. The van der Waals surface area contributed by atoms with Gasteiger partial charge in [-0.1, -0.05) is 0 Å². The molecule has 0 amide bonds. The van der Waals surface area contributed by atoms with Gasteiger partial charge in [0.15, 0.2) is 5.11 Å². The minimum Gasteiger partial charge on any atom is -0.366 e. The highest BCUT2D eigenvalue weighted by Gasteiger charge is 1.97. The lowest BCUT2D eigenvalue weighted by Gasteiger charge is -2.05. The Labute approximate surface area is 113 Å². The van der Waals surface area contributed by atoms with Crippen molar-refractivity contribution >= 4 is 45.0 Å². The maximum absolute atomic E-state index is 4.95. The van der Waals surface area contributed by atoms with Crippen molar-refractivity contribution in [1.29, 1.82) is 0 Å². The van der Waals surface area contributed by atoms with Crippen LogP contribution in [0.3, 0.4) is 0 Å². The van der Waals surface area contributed by atoms with Crippen molar-refractivity contribution < 1.29 is 0 Å². The molecule has 0 saturated heterocycles. The Morgan fingerprint density at radius 1 is 1.50 bits per heavy atom. The molecular weight excluding hydrogens is 308 g/mol. The summed E-state index contributed by atoms with van der Waals surface area (Å²) < 4.78 is 0.905. The first-order chi connectivity index (χ1) is 7.72. The van der Waals surface area contributed by atoms with Gasteiger partial charge in [0.25, 0.3) is 0 Å². The molecule has 7 heteroatoms. The smallest absolute Gasteiger partial charge is 0.166 e. The van der Waals surface area contributed by atoms with Gasteiger partial charge in [0, 0.05) is 31.7 Å². The molecule has 0 aliphatic rings. The summed E-state index contributed by atoms with van der Waals surface area (Å²) in [5.74, 6) is 2.65. The molecule has 0 atom stereocenters. The normalized spacial score (nSPS) is 9.88. The molecule has 0 unspecified atom stereocenters.